The first-order valence-corrected chi connectivity index (χ1v) is 3.12. The monoisotopic (exact) mass is 180 g/mol. The molecule has 12 heavy (non-hydrogen) atoms. The summed E-state index contributed by atoms with van der Waals surface area (Å²) in [5, 5.41) is 17.4. The zero-order chi connectivity index (χ0) is 10.1. The van der Waals surface area contributed by atoms with Crippen molar-refractivity contribution in [2.75, 3.05) is 7.05 Å². The van der Waals surface area contributed by atoms with E-state index in [4.69, 9.17) is 10.1 Å². The number of nitrogens with one attached hydrogen (secondary N) is 2. The highest BCUT2D eigenvalue weighted by atomic mass is 16.7. The summed E-state index contributed by atoms with van der Waals surface area (Å²) >= 11 is 0. The van der Waals surface area contributed by atoms with E-state index in [9.17, 15) is 10.1 Å². The van der Waals surface area contributed by atoms with Crippen LogP contribution in [0.15, 0.2) is 0 Å². The summed E-state index contributed by atoms with van der Waals surface area (Å²) in [4.78, 5) is 18.6. The molecule has 0 aliphatic heterocycles. The van der Waals surface area contributed by atoms with Crippen molar-refractivity contribution in [3.05, 3.63) is 20.2 Å². The molecule has 0 radical (unpaired) electrons. The van der Waals surface area contributed by atoms with Gasteiger partial charge in [-0.15, -0.1) is 10.9 Å². The van der Waals surface area contributed by atoms with Crippen LogP contribution in [0.5, 0.6) is 0 Å². The van der Waals surface area contributed by atoms with Gasteiger partial charge in [-0.05, 0) is 13.8 Å². The minimum Gasteiger partial charge on any atom is -0.235 e. The maximum atomic E-state index is 9.50. The van der Waals surface area contributed by atoms with Crippen molar-refractivity contribution in [3.63, 3.8) is 0 Å². The fraction of sp³-hybridized carbons (Fsp3) is 1.00. The molecule has 0 aromatic heterocycles. The lowest BCUT2D eigenvalue weighted by Gasteiger charge is -1.95. The summed E-state index contributed by atoms with van der Waals surface area (Å²) in [6, 6.07) is -0.0741. The van der Waals surface area contributed by atoms with Gasteiger partial charge >= 0.3 is 0 Å². The van der Waals surface area contributed by atoms with Gasteiger partial charge in [-0.1, -0.05) is 0 Å². The molecule has 72 valence electrons. The van der Waals surface area contributed by atoms with Crippen LogP contribution in [0.4, 0.5) is 0 Å². The molecule has 0 aromatic carbocycles. The zero-order valence-corrected chi connectivity index (χ0v) is 7.10. The van der Waals surface area contributed by atoms with Crippen LogP contribution in [0.2, 0.25) is 0 Å². The van der Waals surface area contributed by atoms with E-state index < -0.39 is 10.1 Å². The molecule has 0 spiro atoms. The molecule has 0 rings (SSSR count). The summed E-state index contributed by atoms with van der Waals surface area (Å²) < 4.78 is 0. The topological polar surface area (TPSA) is 110 Å². The summed E-state index contributed by atoms with van der Waals surface area (Å²) in [6.07, 6.45) is 0. The Morgan fingerprint density at radius 3 is 1.50 bits per heavy atom. The highest BCUT2D eigenvalue weighted by Crippen LogP contribution is 1.72. The van der Waals surface area contributed by atoms with E-state index in [1.165, 1.54) is 7.05 Å². The van der Waals surface area contributed by atoms with Gasteiger partial charge in [0.05, 0.1) is 13.1 Å². The molecule has 0 aromatic rings. The molecular weight excluding hydrogens is 168 g/mol. The molecule has 0 atom stereocenters. The summed E-state index contributed by atoms with van der Waals surface area (Å²) in [6.45, 7) is 3.42. The van der Waals surface area contributed by atoms with E-state index >= 15 is 0 Å². The van der Waals surface area contributed by atoms with Crippen molar-refractivity contribution in [1.82, 2.24) is 10.9 Å². The lowest BCUT2D eigenvalue weighted by Crippen LogP contribution is -2.28. The summed E-state index contributed by atoms with van der Waals surface area (Å²) in [5.74, 6) is 0. The van der Waals surface area contributed by atoms with Crippen molar-refractivity contribution < 1.29 is 10.1 Å². The first-order chi connectivity index (χ1) is 5.40. The van der Waals surface area contributed by atoms with Crippen molar-refractivity contribution in [1.29, 1.82) is 0 Å². The van der Waals surface area contributed by atoms with Gasteiger partial charge in [0.2, 0.25) is 0 Å². The molecule has 0 saturated carbocycles. The van der Waals surface area contributed by atoms with Gasteiger partial charge < -0.3 is 0 Å². The van der Waals surface area contributed by atoms with Gasteiger partial charge in [0.25, 0.3) is 0 Å². The average molecular weight is 180 g/mol. The van der Waals surface area contributed by atoms with Crippen LogP contribution in [0, 0.1) is 20.2 Å². The van der Waals surface area contributed by atoms with Gasteiger partial charge in [-0.25, -0.2) is 20.2 Å². The normalized spacial score (nSPS) is 8.00. The van der Waals surface area contributed by atoms with Crippen molar-refractivity contribution >= 4 is 0 Å². The highest BCUT2D eigenvalue weighted by molar-refractivity contribution is 4.36. The van der Waals surface area contributed by atoms with E-state index in [0.29, 0.717) is 0 Å². The van der Waals surface area contributed by atoms with Crippen molar-refractivity contribution in [2.24, 2.45) is 0 Å². The molecular formula is C4H12N4O4. The maximum Gasteiger partial charge on any atom is 0.157 e. The average Bonchev–Trinajstić information content (AvgIpc) is 1.85. The molecule has 0 fully saturated rings. The fourth-order valence-electron chi connectivity index (χ4n) is 0.211. The van der Waals surface area contributed by atoms with Gasteiger partial charge in [0, 0.05) is 0 Å². The largest absolute Gasteiger partial charge is 0.235 e. The fourth-order valence-corrected chi connectivity index (χ4v) is 0.211. The molecule has 0 aliphatic rings. The van der Waals surface area contributed by atoms with Crippen LogP contribution in [-0.4, -0.2) is 23.2 Å². The predicted molar refractivity (Wildman–Crippen MR) is 41.3 cm³/mol. The van der Waals surface area contributed by atoms with E-state index in [2.05, 4.69) is 0 Å². The Morgan fingerprint density at radius 2 is 1.50 bits per heavy atom. The molecule has 0 saturated heterocycles. The van der Waals surface area contributed by atoms with E-state index in [1.54, 1.807) is 19.3 Å². The number of hydrazine groups is 2. The van der Waals surface area contributed by atoms with Gasteiger partial charge in [0.15, 0.2) is 10.1 Å². The van der Waals surface area contributed by atoms with Crippen LogP contribution in [0.25, 0.3) is 0 Å². The van der Waals surface area contributed by atoms with E-state index in [0.717, 1.165) is 0 Å². The quantitative estimate of drug-likeness (QED) is 0.450. The first-order valence-electron chi connectivity index (χ1n) is 3.12. The number of nitrogens with zero attached hydrogens (tertiary/aromatic N) is 2. The Hall–Kier alpha value is -1.60. The van der Waals surface area contributed by atoms with Gasteiger partial charge in [-0.2, -0.15) is 0 Å². The lowest BCUT2D eigenvalue weighted by molar-refractivity contribution is -0.549. The standard InChI is InChI=1S/C3H8N2O2.CH4N2O2/c1-3(2)4-5(6)7;1-2-3(4)5/h3-4H,1-2H3;2H,1H3. The van der Waals surface area contributed by atoms with Crippen LogP contribution in [0.3, 0.4) is 0 Å². The van der Waals surface area contributed by atoms with Gasteiger partial charge in [-0.3, -0.25) is 0 Å². The second-order valence-electron chi connectivity index (χ2n) is 2.02. The Bertz CT molecular complexity index is 148. The molecule has 8 nitrogen and oxygen atoms in total. The lowest BCUT2D eigenvalue weighted by atomic mass is 10.4. The van der Waals surface area contributed by atoms with Crippen LogP contribution in [-0.2, 0) is 0 Å². The number of rotatable bonds is 3. The Balaban J connectivity index is 0. The molecule has 2 N–H and O–H groups in total. The maximum absolute atomic E-state index is 9.50. The van der Waals surface area contributed by atoms with Crippen molar-refractivity contribution in [3.8, 4) is 0 Å². The van der Waals surface area contributed by atoms with Gasteiger partial charge in [0.1, 0.15) is 0 Å². The Morgan fingerprint density at radius 1 is 1.17 bits per heavy atom. The number of hydrogen-bond acceptors (Lipinski definition) is 4. The number of hydrogen-bond donors (Lipinski definition) is 2. The molecule has 0 aliphatic carbocycles. The second kappa shape index (κ2) is 7.51. The third-order valence-electron chi connectivity index (χ3n) is 0.546. The second-order valence-corrected chi connectivity index (χ2v) is 2.02. The summed E-state index contributed by atoms with van der Waals surface area (Å²) in [5.41, 5.74) is 3.78. The molecule has 8 heteroatoms. The Kier molecular flexibility index (Phi) is 8.15. The number of nitro groups is 2. The highest BCUT2D eigenvalue weighted by Gasteiger charge is 1.95. The summed E-state index contributed by atoms with van der Waals surface area (Å²) in [7, 11) is 1.25. The smallest absolute Gasteiger partial charge is 0.157 e. The van der Waals surface area contributed by atoms with Crippen LogP contribution in [0.1, 0.15) is 13.8 Å². The third-order valence-corrected chi connectivity index (χ3v) is 0.546. The van der Waals surface area contributed by atoms with Crippen LogP contribution >= 0.6 is 0 Å². The van der Waals surface area contributed by atoms with E-state index in [1.807, 2.05) is 5.43 Å². The minimum atomic E-state index is -0.625. The SMILES string of the molecule is CC(C)N[N+](=O)[O-].CN[N+](=O)[O-]. The first kappa shape index (κ1) is 13.0. The zero-order valence-electron chi connectivity index (χ0n) is 7.10. The molecule has 0 bridgehead atoms. The van der Waals surface area contributed by atoms with Crippen molar-refractivity contribution in [2.45, 2.75) is 19.9 Å². The Labute approximate surface area is 69.2 Å². The molecule has 0 unspecified atom stereocenters. The van der Waals surface area contributed by atoms with E-state index in [-0.39, 0.29) is 6.04 Å². The molecule has 0 amide bonds. The molecule has 0 heterocycles. The van der Waals surface area contributed by atoms with Crippen LogP contribution < -0.4 is 10.9 Å². The third kappa shape index (κ3) is 23.8. The minimum absolute atomic E-state index is 0.0741. The predicted octanol–water partition coefficient (Wildman–Crippen LogP) is -0.426.